The Hall–Kier alpha value is -1.87. The number of carbonyl (C=O) groups excluding carboxylic acids is 2. The number of thiol groups is 1. The number of imidazole rings is 2. The first kappa shape index (κ1) is 33.3. The number of rotatable bonds is 2. The third-order valence-corrected chi connectivity index (χ3v) is 7.23. The van der Waals surface area contributed by atoms with Crippen molar-refractivity contribution in [3.8, 4) is 0 Å². The van der Waals surface area contributed by atoms with Crippen LogP contribution in [0, 0.1) is 0 Å². The number of ether oxygens (including phenoxy) is 2. The van der Waals surface area contributed by atoms with E-state index in [-0.39, 0.29) is 24.3 Å². The second-order valence-corrected chi connectivity index (χ2v) is 12.8. The number of aromatic nitrogens is 4. The number of aromatic amines is 2. The van der Waals surface area contributed by atoms with Gasteiger partial charge in [-0.3, -0.25) is 9.80 Å². The number of carbonyl (C=O) groups is 2. The number of hydrogen-bond acceptors (Lipinski definition) is 8. The molecular weight excluding hydrogens is 653 g/mol. The van der Waals surface area contributed by atoms with Crippen LogP contribution in [-0.2, 0) is 9.47 Å². The number of H-pyrrole nitrogens is 2. The summed E-state index contributed by atoms with van der Waals surface area (Å²) in [7, 11) is 4.34. The maximum absolute atomic E-state index is 12.2. The SMILES string of the molecule is CC(C)(C)OC(=O)N1CCC[C@H]1c1nc(Br)c(Br)[nH]1.CC(C)(C)OC(=O)N1CCC[C@H]1c1ncc[nH]1.[B]=NS. The molecular formula is C24H37BBr2N7O4S. The molecule has 2 aliphatic rings. The molecule has 39 heavy (non-hydrogen) atoms. The van der Waals surface area contributed by atoms with Crippen LogP contribution < -0.4 is 0 Å². The van der Waals surface area contributed by atoms with Crippen LogP contribution >= 0.6 is 44.7 Å². The number of nitrogens with one attached hydrogen (secondary N) is 2. The molecule has 2 fully saturated rings. The molecule has 0 saturated carbocycles. The van der Waals surface area contributed by atoms with Crippen molar-refractivity contribution in [1.82, 2.24) is 29.7 Å². The second-order valence-electron chi connectivity index (χ2n) is 11.0. The van der Waals surface area contributed by atoms with Crippen molar-refractivity contribution in [1.29, 1.82) is 0 Å². The fourth-order valence-electron chi connectivity index (χ4n) is 4.14. The van der Waals surface area contributed by atoms with Crippen molar-refractivity contribution in [3.05, 3.63) is 33.2 Å². The Balaban J connectivity index is 0.000000250. The first-order valence-electron chi connectivity index (χ1n) is 12.6. The summed E-state index contributed by atoms with van der Waals surface area (Å²) < 4.78 is 15.0. The monoisotopic (exact) mass is 688 g/mol. The Morgan fingerprint density at radius 2 is 1.46 bits per heavy atom. The van der Waals surface area contributed by atoms with Gasteiger partial charge in [-0.15, -0.1) is 0 Å². The molecule has 2 aromatic heterocycles. The molecule has 2 aliphatic heterocycles. The number of hydrogen-bond donors (Lipinski definition) is 3. The van der Waals surface area contributed by atoms with Crippen LogP contribution in [0.2, 0.25) is 0 Å². The molecule has 1 radical (unpaired) electrons. The van der Waals surface area contributed by atoms with Crippen molar-refractivity contribution >= 4 is 64.5 Å². The molecule has 2 atom stereocenters. The summed E-state index contributed by atoms with van der Waals surface area (Å²) in [5, 5.41) is 0. The molecule has 0 aromatic carbocycles. The normalized spacial score (nSPS) is 19.0. The summed E-state index contributed by atoms with van der Waals surface area (Å²) in [6.07, 6.45) is 6.74. The van der Waals surface area contributed by atoms with E-state index in [0.29, 0.717) is 6.54 Å². The van der Waals surface area contributed by atoms with Gasteiger partial charge >= 0.3 is 36.9 Å². The van der Waals surface area contributed by atoms with Gasteiger partial charge in [-0.2, -0.15) is 0 Å². The van der Waals surface area contributed by atoms with Crippen LogP contribution in [0.1, 0.15) is 91.0 Å². The molecule has 11 nitrogen and oxygen atoms in total. The summed E-state index contributed by atoms with van der Waals surface area (Å²) in [5.41, 5.74) is -0.929. The zero-order valence-electron chi connectivity index (χ0n) is 23.2. The summed E-state index contributed by atoms with van der Waals surface area (Å²) in [4.78, 5) is 42.5. The van der Waals surface area contributed by atoms with E-state index in [4.69, 9.17) is 9.47 Å². The van der Waals surface area contributed by atoms with Crippen LogP contribution in [0.3, 0.4) is 0 Å². The van der Waals surface area contributed by atoms with Crippen LogP contribution in [0.25, 0.3) is 0 Å². The Morgan fingerprint density at radius 1 is 1.00 bits per heavy atom. The van der Waals surface area contributed by atoms with Crippen LogP contribution in [-0.4, -0.2) is 73.9 Å². The summed E-state index contributed by atoms with van der Waals surface area (Å²) in [6.45, 7) is 12.7. The van der Waals surface area contributed by atoms with Gasteiger partial charge in [0.15, 0.2) is 0 Å². The van der Waals surface area contributed by atoms with Gasteiger partial charge < -0.3 is 19.4 Å². The van der Waals surface area contributed by atoms with Crippen molar-refractivity contribution in [2.45, 2.75) is 90.5 Å². The van der Waals surface area contributed by atoms with Crippen molar-refractivity contribution < 1.29 is 19.1 Å². The van der Waals surface area contributed by atoms with E-state index in [2.05, 4.69) is 76.5 Å². The van der Waals surface area contributed by atoms with E-state index in [9.17, 15) is 9.59 Å². The zero-order chi connectivity index (χ0) is 29.4. The van der Waals surface area contributed by atoms with Crippen molar-refractivity contribution in [3.63, 3.8) is 0 Å². The number of likely N-dealkylation sites (tertiary alicyclic amines) is 2. The molecule has 2 N–H and O–H groups in total. The third kappa shape index (κ3) is 10.6. The van der Waals surface area contributed by atoms with E-state index in [1.54, 1.807) is 22.2 Å². The van der Waals surface area contributed by atoms with Crippen molar-refractivity contribution in [2.24, 2.45) is 4.30 Å². The fraction of sp³-hybridized carbons (Fsp3) is 0.667. The van der Waals surface area contributed by atoms with Crippen LogP contribution in [0.5, 0.6) is 0 Å². The van der Waals surface area contributed by atoms with Gasteiger partial charge in [0.25, 0.3) is 0 Å². The minimum atomic E-state index is -0.478. The fourth-order valence-corrected chi connectivity index (χ4v) is 4.73. The average Bonchev–Trinajstić information content (AvgIpc) is 3.60. The van der Waals surface area contributed by atoms with E-state index in [0.717, 1.165) is 53.1 Å². The zero-order valence-corrected chi connectivity index (χ0v) is 27.3. The summed E-state index contributed by atoms with van der Waals surface area (Å²) in [6, 6.07) is -0.0164. The Labute approximate surface area is 253 Å². The molecule has 0 unspecified atom stereocenters. The molecule has 4 heterocycles. The standard InChI is InChI=1S/C12H17Br2N3O2.C12H19N3O2.BHNS/c1-12(2,3)19-11(18)17-6-4-5-7(17)10-15-8(13)9(14)16-10;1-12(2,3)17-11(16)15-8-4-5-9(15)10-13-6-7-14-10;1-2-3/h7H,4-6H2,1-3H3,(H,15,16);6-7,9H,4-5,8H2,1-3H3,(H,13,14);3H/t7-;9-;/m00./s1. The molecule has 215 valence electrons. The number of nitrogens with zero attached hydrogens (tertiary/aromatic N) is 5. The van der Waals surface area contributed by atoms with Gasteiger partial charge in [0.1, 0.15) is 32.1 Å². The van der Waals surface area contributed by atoms with Crippen LogP contribution in [0.15, 0.2) is 25.9 Å². The first-order chi connectivity index (χ1) is 18.2. The van der Waals surface area contributed by atoms with Crippen LogP contribution in [0.4, 0.5) is 9.59 Å². The topological polar surface area (TPSA) is 129 Å². The first-order valence-corrected chi connectivity index (χ1v) is 14.6. The predicted molar refractivity (Wildman–Crippen MR) is 160 cm³/mol. The molecule has 0 bridgehead atoms. The van der Waals surface area contributed by atoms with Gasteiger partial charge in [-0.25, -0.2) is 19.6 Å². The van der Waals surface area contributed by atoms with Crippen molar-refractivity contribution in [2.75, 3.05) is 13.1 Å². The number of amides is 2. The van der Waals surface area contributed by atoms with E-state index in [1.807, 2.05) is 41.5 Å². The van der Waals surface area contributed by atoms with E-state index >= 15 is 0 Å². The summed E-state index contributed by atoms with van der Waals surface area (Å²) in [5.74, 6) is 1.62. The Kier molecular flexibility index (Phi) is 12.5. The van der Waals surface area contributed by atoms with Gasteiger partial charge in [-0.1, -0.05) is 0 Å². The Morgan fingerprint density at radius 3 is 1.82 bits per heavy atom. The molecule has 0 aliphatic carbocycles. The Bertz CT molecular complexity index is 1070. The maximum atomic E-state index is 12.2. The molecule has 15 heteroatoms. The van der Waals surface area contributed by atoms with Gasteiger partial charge in [0, 0.05) is 25.5 Å². The second kappa shape index (κ2) is 14.7. The van der Waals surface area contributed by atoms with Gasteiger partial charge in [0.2, 0.25) is 0 Å². The van der Waals surface area contributed by atoms with Gasteiger partial charge in [-0.05, 0) is 99.1 Å². The quantitative estimate of drug-likeness (QED) is 0.239. The summed E-state index contributed by atoms with van der Waals surface area (Å²) >= 11 is 9.91. The number of halogens is 2. The predicted octanol–water partition coefficient (Wildman–Crippen LogP) is 6.67. The third-order valence-electron chi connectivity index (χ3n) is 5.55. The average molecular weight is 690 g/mol. The molecule has 0 spiro atoms. The molecule has 2 saturated heterocycles. The van der Waals surface area contributed by atoms with E-state index in [1.165, 1.54) is 0 Å². The minimum absolute atomic E-state index is 0.0276. The molecule has 2 amide bonds. The molecule has 2 aromatic rings. The van der Waals surface area contributed by atoms with E-state index < -0.39 is 11.2 Å². The molecule has 4 rings (SSSR count). The van der Waals surface area contributed by atoms with Gasteiger partial charge in [0.05, 0.1) is 12.1 Å².